The van der Waals surface area contributed by atoms with E-state index in [0.717, 1.165) is 33.9 Å². The number of hydrogen-bond donors (Lipinski definition) is 3. The van der Waals surface area contributed by atoms with Gasteiger partial charge >= 0.3 is 11.8 Å². The fourth-order valence-electron chi connectivity index (χ4n) is 4.00. The van der Waals surface area contributed by atoms with Crippen molar-refractivity contribution in [3.8, 4) is 0 Å². The summed E-state index contributed by atoms with van der Waals surface area (Å²) in [6, 6.07) is 23.3. The van der Waals surface area contributed by atoms with Crippen LogP contribution in [0.1, 0.15) is 25.8 Å². The molecule has 0 unspecified atom stereocenters. The highest BCUT2D eigenvalue weighted by Crippen LogP contribution is 2.31. The largest absolute Gasteiger partial charge is 0.344 e. The van der Waals surface area contributed by atoms with Crippen LogP contribution in [0.2, 0.25) is 0 Å². The highest BCUT2D eigenvalue weighted by atomic mass is 16.2. The summed E-state index contributed by atoms with van der Waals surface area (Å²) in [6.45, 7) is 4.80. The van der Waals surface area contributed by atoms with Crippen LogP contribution in [0.15, 0.2) is 77.9 Å². The number of nitrogens with zero attached hydrogens (tertiary/aromatic N) is 2. The Morgan fingerprint density at radius 3 is 2.34 bits per heavy atom. The van der Waals surface area contributed by atoms with Gasteiger partial charge in [-0.1, -0.05) is 48.5 Å². The van der Waals surface area contributed by atoms with Gasteiger partial charge in [0.2, 0.25) is 5.91 Å². The zero-order chi connectivity index (χ0) is 24.8. The molecule has 0 saturated carbocycles. The molecule has 1 aromatic heterocycles. The van der Waals surface area contributed by atoms with Crippen LogP contribution in [0.5, 0.6) is 0 Å². The molecule has 35 heavy (non-hydrogen) atoms. The van der Waals surface area contributed by atoms with Crippen molar-refractivity contribution < 1.29 is 14.4 Å². The lowest BCUT2D eigenvalue weighted by Crippen LogP contribution is -2.37. The fraction of sp³-hybridized carbons (Fsp3) is 0.185. The maximum atomic E-state index is 12.5. The highest BCUT2D eigenvalue weighted by molar-refractivity contribution is 6.35. The van der Waals surface area contributed by atoms with Gasteiger partial charge in [0.15, 0.2) is 0 Å². The van der Waals surface area contributed by atoms with Gasteiger partial charge in [0, 0.05) is 46.3 Å². The van der Waals surface area contributed by atoms with E-state index in [1.807, 2.05) is 60.7 Å². The van der Waals surface area contributed by atoms with Gasteiger partial charge in [-0.15, -0.1) is 0 Å². The predicted molar refractivity (Wildman–Crippen MR) is 138 cm³/mol. The summed E-state index contributed by atoms with van der Waals surface area (Å²) in [5, 5.41) is 11.5. The number of amides is 3. The maximum absolute atomic E-state index is 12.5. The third-order valence-electron chi connectivity index (χ3n) is 5.64. The fourth-order valence-corrected chi connectivity index (χ4v) is 4.00. The molecule has 0 bridgehead atoms. The molecular formula is C27H27N5O3. The Morgan fingerprint density at radius 1 is 0.857 bits per heavy atom. The second-order valence-corrected chi connectivity index (χ2v) is 8.17. The van der Waals surface area contributed by atoms with Crippen molar-refractivity contribution >= 4 is 50.9 Å². The quantitative estimate of drug-likeness (QED) is 0.217. The first kappa shape index (κ1) is 23.7. The molecule has 3 aromatic carbocycles. The number of benzene rings is 3. The smallest absolute Gasteiger partial charge is 0.329 e. The third-order valence-corrected chi connectivity index (χ3v) is 5.64. The van der Waals surface area contributed by atoms with Gasteiger partial charge in [-0.2, -0.15) is 5.10 Å². The van der Waals surface area contributed by atoms with Gasteiger partial charge in [-0.3, -0.25) is 14.4 Å². The van der Waals surface area contributed by atoms with Gasteiger partial charge in [-0.05, 0) is 43.7 Å². The minimum atomic E-state index is -0.890. The van der Waals surface area contributed by atoms with Gasteiger partial charge in [0.05, 0.1) is 6.42 Å². The molecule has 0 saturated heterocycles. The Bertz CT molecular complexity index is 1420. The number of nitrogens with one attached hydrogen (secondary N) is 3. The molecule has 4 rings (SSSR count). The maximum Gasteiger partial charge on any atom is 0.329 e. The number of rotatable bonds is 7. The Labute approximate surface area is 203 Å². The van der Waals surface area contributed by atoms with Crippen LogP contribution in [0, 0.1) is 0 Å². The van der Waals surface area contributed by atoms with E-state index in [9.17, 15) is 14.4 Å². The molecule has 0 fully saturated rings. The summed E-state index contributed by atoms with van der Waals surface area (Å²) in [4.78, 5) is 36.4. The standard InChI is InChI=1S/C27H27N5O3/c1-3-32-23-12-8-7-11-21(23)22-16-20(13-14-24(22)32)29-25(33)15-18(2)30-31-27(35)26(34)28-17-19-9-5-4-6-10-19/h4-14,16H,3,15,17H2,1-2H3,(H,28,34)(H,29,33)(H,31,35)/b30-18-. The first-order chi connectivity index (χ1) is 17.0. The van der Waals surface area contributed by atoms with E-state index in [-0.39, 0.29) is 18.9 Å². The van der Waals surface area contributed by atoms with E-state index >= 15 is 0 Å². The topological polar surface area (TPSA) is 105 Å². The first-order valence-corrected chi connectivity index (χ1v) is 11.4. The molecular weight excluding hydrogens is 442 g/mol. The van der Waals surface area contributed by atoms with Crippen LogP contribution in [-0.2, 0) is 27.5 Å². The summed E-state index contributed by atoms with van der Waals surface area (Å²) in [5.74, 6) is -1.96. The van der Waals surface area contributed by atoms with E-state index in [2.05, 4.69) is 44.8 Å². The number of carbonyl (C=O) groups is 3. The van der Waals surface area contributed by atoms with Crippen molar-refractivity contribution in [1.82, 2.24) is 15.3 Å². The van der Waals surface area contributed by atoms with Gasteiger partial charge in [0.25, 0.3) is 0 Å². The minimum absolute atomic E-state index is 0.0271. The summed E-state index contributed by atoms with van der Waals surface area (Å²) in [7, 11) is 0. The van der Waals surface area contributed by atoms with E-state index in [4.69, 9.17) is 0 Å². The number of hydrogen-bond acceptors (Lipinski definition) is 4. The van der Waals surface area contributed by atoms with Crippen molar-refractivity contribution in [2.24, 2.45) is 5.10 Å². The average molecular weight is 470 g/mol. The summed E-state index contributed by atoms with van der Waals surface area (Å²) in [6.07, 6.45) is -0.0271. The number of anilines is 1. The average Bonchev–Trinajstić information content (AvgIpc) is 3.19. The Hall–Kier alpha value is -4.46. The van der Waals surface area contributed by atoms with Gasteiger partial charge < -0.3 is 15.2 Å². The van der Waals surface area contributed by atoms with Crippen molar-refractivity contribution in [2.75, 3.05) is 5.32 Å². The zero-order valence-corrected chi connectivity index (χ0v) is 19.7. The van der Waals surface area contributed by atoms with Crippen molar-refractivity contribution in [3.05, 3.63) is 78.4 Å². The Balaban J connectivity index is 1.34. The number of carbonyl (C=O) groups excluding carboxylic acids is 3. The number of aromatic nitrogens is 1. The van der Waals surface area contributed by atoms with E-state index in [0.29, 0.717) is 11.4 Å². The van der Waals surface area contributed by atoms with Gasteiger partial charge in [0.1, 0.15) is 0 Å². The normalized spacial score (nSPS) is 11.4. The Kier molecular flexibility index (Phi) is 7.21. The van der Waals surface area contributed by atoms with Crippen LogP contribution >= 0.6 is 0 Å². The van der Waals surface area contributed by atoms with Crippen LogP contribution < -0.4 is 16.1 Å². The number of hydrazone groups is 1. The third kappa shape index (κ3) is 5.55. The molecule has 0 aliphatic carbocycles. The lowest BCUT2D eigenvalue weighted by molar-refractivity contribution is -0.139. The lowest BCUT2D eigenvalue weighted by atomic mass is 10.1. The van der Waals surface area contributed by atoms with Crippen LogP contribution in [0.4, 0.5) is 5.69 Å². The molecule has 4 aromatic rings. The van der Waals surface area contributed by atoms with Crippen molar-refractivity contribution in [2.45, 2.75) is 33.4 Å². The molecule has 8 nitrogen and oxygen atoms in total. The molecule has 3 amide bonds. The summed E-state index contributed by atoms with van der Waals surface area (Å²) in [5.41, 5.74) is 6.38. The van der Waals surface area contributed by atoms with Crippen LogP contribution in [0.25, 0.3) is 21.8 Å². The molecule has 0 radical (unpaired) electrons. The second kappa shape index (κ2) is 10.6. The summed E-state index contributed by atoms with van der Waals surface area (Å²) < 4.78 is 2.24. The zero-order valence-electron chi connectivity index (χ0n) is 19.7. The molecule has 0 atom stereocenters. The molecule has 8 heteroatoms. The van der Waals surface area contributed by atoms with Crippen molar-refractivity contribution in [3.63, 3.8) is 0 Å². The van der Waals surface area contributed by atoms with Crippen molar-refractivity contribution in [1.29, 1.82) is 0 Å². The predicted octanol–water partition coefficient (Wildman–Crippen LogP) is 3.95. The lowest BCUT2D eigenvalue weighted by Gasteiger charge is -2.07. The molecule has 0 spiro atoms. The van der Waals surface area contributed by atoms with Crippen LogP contribution in [-0.4, -0.2) is 28.0 Å². The molecule has 1 heterocycles. The monoisotopic (exact) mass is 469 g/mol. The van der Waals surface area contributed by atoms with E-state index < -0.39 is 11.8 Å². The molecule has 0 aliphatic rings. The van der Waals surface area contributed by atoms with E-state index in [1.165, 1.54) is 0 Å². The number of fused-ring (bicyclic) bond motifs is 3. The number of aryl methyl sites for hydroxylation is 1. The van der Waals surface area contributed by atoms with Gasteiger partial charge in [-0.25, -0.2) is 5.43 Å². The molecule has 178 valence electrons. The second-order valence-electron chi connectivity index (χ2n) is 8.17. The van der Waals surface area contributed by atoms with E-state index in [1.54, 1.807) is 6.92 Å². The minimum Gasteiger partial charge on any atom is -0.344 e. The van der Waals surface area contributed by atoms with Crippen LogP contribution in [0.3, 0.4) is 0 Å². The molecule has 3 N–H and O–H groups in total. The SMILES string of the molecule is CCn1c2ccccc2c2cc(NC(=O)C/C(C)=N\NC(=O)C(=O)NCc3ccccc3)ccc21. The first-order valence-electron chi connectivity index (χ1n) is 11.4. The molecule has 0 aliphatic heterocycles. The summed E-state index contributed by atoms with van der Waals surface area (Å²) >= 11 is 0. The number of para-hydroxylation sites is 1. The highest BCUT2D eigenvalue weighted by Gasteiger charge is 2.14. The Morgan fingerprint density at radius 2 is 1.57 bits per heavy atom.